The number of ether oxygens (including phenoxy) is 1. The molecule has 4 nitrogen and oxygen atoms in total. The maximum absolute atomic E-state index is 12.0. The van der Waals surface area contributed by atoms with E-state index in [0.29, 0.717) is 11.4 Å². The van der Waals surface area contributed by atoms with E-state index in [2.05, 4.69) is 5.32 Å². The monoisotopic (exact) mass is 284 g/mol. The van der Waals surface area contributed by atoms with Gasteiger partial charge in [-0.25, -0.2) is 0 Å². The number of amides is 1. The van der Waals surface area contributed by atoms with Crippen LogP contribution in [0.5, 0.6) is 5.75 Å². The fourth-order valence-electron chi connectivity index (χ4n) is 1.97. The molecule has 2 aromatic carbocycles. The average molecular weight is 284 g/mol. The third kappa shape index (κ3) is 3.99. The lowest BCUT2D eigenvalue weighted by Gasteiger charge is -2.12. The molecule has 0 bridgehead atoms. The molecule has 110 valence electrons. The smallest absolute Gasteiger partial charge is 0.262 e. The van der Waals surface area contributed by atoms with Crippen molar-refractivity contribution in [1.82, 2.24) is 0 Å². The van der Waals surface area contributed by atoms with E-state index in [0.717, 1.165) is 22.4 Å². The Balaban J connectivity index is 1.99. The van der Waals surface area contributed by atoms with Gasteiger partial charge in [-0.3, -0.25) is 4.79 Å². The Kier molecular flexibility index (Phi) is 4.48. The number of anilines is 2. The van der Waals surface area contributed by atoms with Gasteiger partial charge in [0.05, 0.1) is 0 Å². The van der Waals surface area contributed by atoms with Crippen molar-refractivity contribution < 1.29 is 9.53 Å². The Morgan fingerprint density at radius 1 is 1.10 bits per heavy atom. The Bertz CT molecular complexity index is 666. The highest BCUT2D eigenvalue weighted by Crippen LogP contribution is 2.20. The molecule has 0 saturated carbocycles. The molecule has 0 spiro atoms. The van der Waals surface area contributed by atoms with Crippen LogP contribution in [0.25, 0.3) is 0 Å². The van der Waals surface area contributed by atoms with E-state index >= 15 is 0 Å². The van der Waals surface area contributed by atoms with E-state index in [1.807, 2.05) is 45.0 Å². The minimum atomic E-state index is -0.204. The first-order valence-corrected chi connectivity index (χ1v) is 6.82. The molecule has 21 heavy (non-hydrogen) atoms. The van der Waals surface area contributed by atoms with Gasteiger partial charge in [-0.2, -0.15) is 0 Å². The van der Waals surface area contributed by atoms with E-state index < -0.39 is 0 Å². The van der Waals surface area contributed by atoms with Gasteiger partial charge < -0.3 is 15.8 Å². The Morgan fingerprint density at radius 3 is 2.57 bits per heavy atom. The molecule has 0 fully saturated rings. The quantitative estimate of drug-likeness (QED) is 0.847. The SMILES string of the molecule is Cc1ccc(C)c(OCC(=O)Nc2cc(N)ccc2C)c1. The third-order valence-electron chi connectivity index (χ3n) is 3.24. The number of nitrogen functional groups attached to an aromatic ring is 1. The first-order valence-electron chi connectivity index (χ1n) is 6.82. The summed E-state index contributed by atoms with van der Waals surface area (Å²) in [7, 11) is 0. The third-order valence-corrected chi connectivity index (χ3v) is 3.24. The van der Waals surface area contributed by atoms with Crippen LogP contribution in [-0.4, -0.2) is 12.5 Å². The van der Waals surface area contributed by atoms with E-state index in [1.165, 1.54) is 0 Å². The molecule has 4 heteroatoms. The lowest BCUT2D eigenvalue weighted by Crippen LogP contribution is -2.21. The van der Waals surface area contributed by atoms with Crippen molar-refractivity contribution in [2.75, 3.05) is 17.7 Å². The van der Waals surface area contributed by atoms with Crippen LogP contribution in [0.2, 0.25) is 0 Å². The molecule has 0 radical (unpaired) electrons. The predicted molar refractivity (Wildman–Crippen MR) is 85.6 cm³/mol. The number of aryl methyl sites for hydroxylation is 3. The van der Waals surface area contributed by atoms with Crippen LogP contribution in [0, 0.1) is 20.8 Å². The molecule has 0 aliphatic carbocycles. The van der Waals surface area contributed by atoms with Crippen molar-refractivity contribution in [3.63, 3.8) is 0 Å². The first kappa shape index (κ1) is 14.9. The predicted octanol–water partition coefficient (Wildman–Crippen LogP) is 3.21. The first-order chi connectivity index (χ1) is 9.95. The van der Waals surface area contributed by atoms with Crippen molar-refractivity contribution in [1.29, 1.82) is 0 Å². The summed E-state index contributed by atoms with van der Waals surface area (Å²) in [5.41, 5.74) is 10.1. The second-order valence-corrected chi connectivity index (χ2v) is 5.18. The number of nitrogens with two attached hydrogens (primary N) is 1. The summed E-state index contributed by atoms with van der Waals surface area (Å²) in [4.78, 5) is 12.0. The van der Waals surface area contributed by atoms with Crippen molar-refractivity contribution in [2.45, 2.75) is 20.8 Å². The van der Waals surface area contributed by atoms with Crippen LogP contribution in [0.4, 0.5) is 11.4 Å². The van der Waals surface area contributed by atoms with Crippen molar-refractivity contribution in [2.24, 2.45) is 0 Å². The number of rotatable bonds is 4. The maximum atomic E-state index is 12.0. The van der Waals surface area contributed by atoms with Gasteiger partial charge in [-0.1, -0.05) is 18.2 Å². The highest BCUT2D eigenvalue weighted by atomic mass is 16.5. The molecule has 0 aliphatic rings. The van der Waals surface area contributed by atoms with Crippen LogP contribution in [0.1, 0.15) is 16.7 Å². The minimum Gasteiger partial charge on any atom is -0.483 e. The maximum Gasteiger partial charge on any atom is 0.262 e. The number of carbonyl (C=O) groups is 1. The van der Waals surface area contributed by atoms with Crippen LogP contribution >= 0.6 is 0 Å². The average Bonchev–Trinajstić information content (AvgIpc) is 2.44. The number of hydrogen-bond donors (Lipinski definition) is 2. The normalized spacial score (nSPS) is 10.2. The Labute approximate surface area is 124 Å². The highest BCUT2D eigenvalue weighted by molar-refractivity contribution is 5.93. The largest absolute Gasteiger partial charge is 0.483 e. The molecule has 2 rings (SSSR count). The van der Waals surface area contributed by atoms with E-state index in [4.69, 9.17) is 10.5 Å². The fourth-order valence-corrected chi connectivity index (χ4v) is 1.97. The molecule has 1 amide bonds. The van der Waals surface area contributed by atoms with E-state index in [1.54, 1.807) is 12.1 Å². The van der Waals surface area contributed by atoms with Gasteiger partial charge in [-0.15, -0.1) is 0 Å². The van der Waals surface area contributed by atoms with Gasteiger partial charge >= 0.3 is 0 Å². The summed E-state index contributed by atoms with van der Waals surface area (Å²) < 4.78 is 5.58. The van der Waals surface area contributed by atoms with Gasteiger partial charge in [-0.05, 0) is 55.7 Å². The molecule has 0 saturated heterocycles. The highest BCUT2D eigenvalue weighted by Gasteiger charge is 2.07. The summed E-state index contributed by atoms with van der Waals surface area (Å²) >= 11 is 0. The summed E-state index contributed by atoms with van der Waals surface area (Å²) in [6.07, 6.45) is 0. The molecule has 0 aliphatic heterocycles. The molecular weight excluding hydrogens is 264 g/mol. The summed E-state index contributed by atoms with van der Waals surface area (Å²) in [6, 6.07) is 11.3. The second kappa shape index (κ2) is 6.31. The van der Waals surface area contributed by atoms with Gasteiger partial charge in [0.1, 0.15) is 5.75 Å². The van der Waals surface area contributed by atoms with Crippen LogP contribution < -0.4 is 15.8 Å². The lowest BCUT2D eigenvalue weighted by atomic mass is 10.1. The van der Waals surface area contributed by atoms with Gasteiger partial charge in [0.2, 0.25) is 0 Å². The van der Waals surface area contributed by atoms with Gasteiger partial charge in [0, 0.05) is 11.4 Å². The van der Waals surface area contributed by atoms with Crippen LogP contribution in [0.15, 0.2) is 36.4 Å². The molecular formula is C17H20N2O2. The number of hydrogen-bond acceptors (Lipinski definition) is 3. The van der Waals surface area contributed by atoms with E-state index in [-0.39, 0.29) is 12.5 Å². The minimum absolute atomic E-state index is 0.0292. The lowest BCUT2D eigenvalue weighted by molar-refractivity contribution is -0.118. The fraction of sp³-hybridized carbons (Fsp3) is 0.235. The van der Waals surface area contributed by atoms with Crippen LogP contribution in [-0.2, 0) is 4.79 Å². The Hall–Kier alpha value is -2.49. The summed E-state index contributed by atoms with van der Waals surface area (Å²) in [5.74, 6) is 0.527. The van der Waals surface area contributed by atoms with Crippen LogP contribution in [0.3, 0.4) is 0 Å². The second-order valence-electron chi connectivity index (χ2n) is 5.18. The summed E-state index contributed by atoms with van der Waals surface area (Å²) in [6.45, 7) is 5.83. The van der Waals surface area contributed by atoms with Crippen molar-refractivity contribution >= 4 is 17.3 Å². The standard InChI is InChI=1S/C17H20N2O2/c1-11-4-5-13(3)16(8-11)21-10-17(20)19-15-9-14(18)7-6-12(15)2/h4-9H,10,18H2,1-3H3,(H,19,20). The molecule has 0 aromatic heterocycles. The van der Waals surface area contributed by atoms with Crippen molar-refractivity contribution in [3.8, 4) is 5.75 Å². The number of nitrogens with one attached hydrogen (secondary N) is 1. The zero-order valence-electron chi connectivity index (χ0n) is 12.6. The zero-order chi connectivity index (χ0) is 15.4. The zero-order valence-corrected chi connectivity index (χ0v) is 12.6. The van der Waals surface area contributed by atoms with E-state index in [9.17, 15) is 4.79 Å². The summed E-state index contributed by atoms with van der Waals surface area (Å²) in [5, 5.41) is 2.81. The molecule has 3 N–H and O–H groups in total. The van der Waals surface area contributed by atoms with Crippen molar-refractivity contribution in [3.05, 3.63) is 53.1 Å². The number of benzene rings is 2. The molecule has 0 atom stereocenters. The van der Waals surface area contributed by atoms with Gasteiger partial charge in [0.15, 0.2) is 6.61 Å². The topological polar surface area (TPSA) is 64.3 Å². The molecule has 2 aromatic rings. The Morgan fingerprint density at radius 2 is 1.81 bits per heavy atom. The number of carbonyl (C=O) groups excluding carboxylic acids is 1. The molecule has 0 unspecified atom stereocenters. The molecule has 0 heterocycles. The van der Waals surface area contributed by atoms with Gasteiger partial charge in [0.25, 0.3) is 5.91 Å².